The zero-order valence-corrected chi connectivity index (χ0v) is 13.5. The molecule has 2 aromatic carbocycles. The highest BCUT2D eigenvalue weighted by Gasteiger charge is 2.14. The van der Waals surface area contributed by atoms with Crippen molar-refractivity contribution in [3.05, 3.63) is 58.6 Å². The minimum atomic E-state index is -0.549. The number of hydrogen-bond acceptors (Lipinski definition) is 4. The molecule has 0 aliphatic rings. The van der Waals surface area contributed by atoms with Crippen molar-refractivity contribution in [3.63, 3.8) is 0 Å². The van der Waals surface area contributed by atoms with Crippen molar-refractivity contribution < 1.29 is 14.3 Å². The van der Waals surface area contributed by atoms with Crippen molar-refractivity contribution >= 4 is 39.2 Å². The van der Waals surface area contributed by atoms with Crippen molar-refractivity contribution in [1.29, 1.82) is 0 Å². The molecule has 0 saturated carbocycles. The van der Waals surface area contributed by atoms with Crippen LogP contribution >= 0.6 is 15.9 Å². The quantitative estimate of drug-likeness (QED) is 0.800. The number of nitrogens with one attached hydrogen (secondary N) is 2. The standard InChI is InChI=1S/C16H15BrN2O3/c1-18-13-8-4-2-6-11(13)16(21)22-10-15(20)19-14-9-5-3-7-12(14)17/h2-9,18H,10H2,1H3,(H,19,20). The van der Waals surface area contributed by atoms with Gasteiger partial charge in [-0.3, -0.25) is 4.79 Å². The summed E-state index contributed by atoms with van der Waals surface area (Å²) in [5, 5.41) is 5.57. The maximum Gasteiger partial charge on any atom is 0.340 e. The van der Waals surface area contributed by atoms with Crippen molar-refractivity contribution in [2.75, 3.05) is 24.3 Å². The van der Waals surface area contributed by atoms with Crippen LogP contribution in [0.2, 0.25) is 0 Å². The molecule has 0 aromatic heterocycles. The summed E-state index contributed by atoms with van der Waals surface area (Å²) < 4.78 is 5.80. The van der Waals surface area contributed by atoms with E-state index in [1.165, 1.54) is 0 Å². The topological polar surface area (TPSA) is 67.4 Å². The molecule has 1 amide bonds. The first-order chi connectivity index (χ1) is 10.6. The smallest absolute Gasteiger partial charge is 0.340 e. The maximum atomic E-state index is 12.0. The molecule has 2 rings (SSSR count). The van der Waals surface area contributed by atoms with Crippen LogP contribution in [0.3, 0.4) is 0 Å². The molecule has 2 N–H and O–H groups in total. The van der Waals surface area contributed by atoms with E-state index in [1.807, 2.05) is 18.2 Å². The molecule has 0 saturated heterocycles. The molecule has 0 heterocycles. The number of para-hydroxylation sites is 2. The van der Waals surface area contributed by atoms with E-state index in [-0.39, 0.29) is 6.61 Å². The Hall–Kier alpha value is -2.34. The first-order valence-corrected chi connectivity index (χ1v) is 7.39. The van der Waals surface area contributed by atoms with E-state index in [4.69, 9.17) is 4.74 Å². The summed E-state index contributed by atoms with van der Waals surface area (Å²) >= 11 is 3.33. The van der Waals surface area contributed by atoms with Crippen LogP contribution in [-0.2, 0) is 9.53 Å². The molecular weight excluding hydrogens is 348 g/mol. The van der Waals surface area contributed by atoms with Gasteiger partial charge in [0.25, 0.3) is 5.91 Å². The molecule has 114 valence electrons. The number of hydrogen-bond donors (Lipinski definition) is 2. The molecule has 0 aliphatic heterocycles. The molecule has 0 unspecified atom stereocenters. The van der Waals surface area contributed by atoms with Crippen LogP contribution in [0.25, 0.3) is 0 Å². The minimum absolute atomic E-state index is 0.349. The summed E-state index contributed by atoms with van der Waals surface area (Å²) in [5.41, 5.74) is 1.66. The van der Waals surface area contributed by atoms with Gasteiger partial charge in [-0.1, -0.05) is 24.3 Å². The number of halogens is 1. The number of amides is 1. The van der Waals surface area contributed by atoms with Gasteiger partial charge >= 0.3 is 5.97 Å². The molecule has 0 atom stereocenters. The van der Waals surface area contributed by atoms with Gasteiger partial charge in [0, 0.05) is 17.2 Å². The normalized spacial score (nSPS) is 9.91. The number of esters is 1. The van der Waals surface area contributed by atoms with Gasteiger partial charge in [0.15, 0.2) is 6.61 Å². The minimum Gasteiger partial charge on any atom is -0.452 e. The zero-order chi connectivity index (χ0) is 15.9. The van der Waals surface area contributed by atoms with Crippen LogP contribution in [-0.4, -0.2) is 25.5 Å². The van der Waals surface area contributed by atoms with E-state index in [9.17, 15) is 9.59 Å². The van der Waals surface area contributed by atoms with Crippen molar-refractivity contribution in [1.82, 2.24) is 0 Å². The van der Waals surface area contributed by atoms with Gasteiger partial charge in [-0.05, 0) is 40.2 Å². The monoisotopic (exact) mass is 362 g/mol. The van der Waals surface area contributed by atoms with E-state index in [0.717, 1.165) is 4.47 Å². The molecule has 0 spiro atoms. The van der Waals surface area contributed by atoms with Crippen molar-refractivity contribution in [3.8, 4) is 0 Å². The van der Waals surface area contributed by atoms with Crippen LogP contribution in [0.15, 0.2) is 53.0 Å². The second kappa shape index (κ2) is 7.61. The molecule has 0 bridgehead atoms. The Bertz CT molecular complexity index is 689. The summed E-state index contributed by atoms with van der Waals surface area (Å²) in [7, 11) is 1.71. The Morgan fingerprint density at radius 2 is 1.68 bits per heavy atom. The molecule has 6 heteroatoms. The Kier molecular flexibility index (Phi) is 5.55. The van der Waals surface area contributed by atoms with Gasteiger partial charge in [0.1, 0.15) is 0 Å². The van der Waals surface area contributed by atoms with Crippen LogP contribution in [0.1, 0.15) is 10.4 Å². The van der Waals surface area contributed by atoms with Crippen molar-refractivity contribution in [2.24, 2.45) is 0 Å². The largest absolute Gasteiger partial charge is 0.452 e. The highest BCUT2D eigenvalue weighted by Crippen LogP contribution is 2.21. The fourth-order valence-electron chi connectivity index (χ4n) is 1.84. The summed E-state index contributed by atoms with van der Waals surface area (Å²) in [6.45, 7) is -0.349. The van der Waals surface area contributed by atoms with Crippen LogP contribution in [0, 0.1) is 0 Å². The second-order valence-corrected chi connectivity index (χ2v) is 5.25. The third kappa shape index (κ3) is 4.08. The van der Waals surface area contributed by atoms with Gasteiger partial charge in [-0.2, -0.15) is 0 Å². The maximum absolute atomic E-state index is 12.0. The second-order valence-electron chi connectivity index (χ2n) is 4.40. The molecule has 0 fully saturated rings. The predicted molar refractivity (Wildman–Crippen MR) is 89.0 cm³/mol. The lowest BCUT2D eigenvalue weighted by Crippen LogP contribution is -2.21. The van der Waals surface area contributed by atoms with Crippen LogP contribution in [0.5, 0.6) is 0 Å². The van der Waals surface area contributed by atoms with Gasteiger partial charge in [-0.15, -0.1) is 0 Å². The van der Waals surface area contributed by atoms with Gasteiger partial charge in [0.05, 0.1) is 11.3 Å². The Balaban J connectivity index is 1.94. The SMILES string of the molecule is CNc1ccccc1C(=O)OCC(=O)Nc1ccccc1Br. The first-order valence-electron chi connectivity index (χ1n) is 6.60. The average Bonchev–Trinajstić information content (AvgIpc) is 2.54. The van der Waals surface area contributed by atoms with Crippen LogP contribution in [0.4, 0.5) is 11.4 Å². The Labute approximate surface area is 136 Å². The molecule has 22 heavy (non-hydrogen) atoms. The molecular formula is C16H15BrN2O3. The van der Waals surface area contributed by atoms with E-state index < -0.39 is 11.9 Å². The van der Waals surface area contributed by atoms with Gasteiger partial charge < -0.3 is 15.4 Å². The summed E-state index contributed by atoms with van der Waals surface area (Å²) in [4.78, 5) is 23.8. The molecule has 5 nitrogen and oxygen atoms in total. The van der Waals surface area contributed by atoms with Gasteiger partial charge in [-0.25, -0.2) is 4.79 Å². The highest BCUT2D eigenvalue weighted by molar-refractivity contribution is 9.10. The number of benzene rings is 2. The number of anilines is 2. The zero-order valence-electron chi connectivity index (χ0n) is 11.9. The lowest BCUT2D eigenvalue weighted by molar-refractivity contribution is -0.119. The fourth-order valence-corrected chi connectivity index (χ4v) is 2.22. The van der Waals surface area contributed by atoms with E-state index in [0.29, 0.717) is 16.9 Å². The molecule has 0 aliphatic carbocycles. The van der Waals surface area contributed by atoms with E-state index >= 15 is 0 Å². The van der Waals surface area contributed by atoms with Crippen molar-refractivity contribution in [2.45, 2.75) is 0 Å². The highest BCUT2D eigenvalue weighted by atomic mass is 79.9. The summed E-state index contributed by atoms with van der Waals surface area (Å²) in [5.74, 6) is -0.950. The van der Waals surface area contributed by atoms with E-state index in [2.05, 4.69) is 26.6 Å². The fraction of sp³-hybridized carbons (Fsp3) is 0.125. The molecule has 0 radical (unpaired) electrons. The van der Waals surface area contributed by atoms with Crippen LogP contribution < -0.4 is 10.6 Å². The number of carbonyl (C=O) groups excluding carboxylic acids is 2. The number of rotatable bonds is 5. The lowest BCUT2D eigenvalue weighted by atomic mass is 10.2. The Morgan fingerprint density at radius 3 is 2.36 bits per heavy atom. The third-order valence-electron chi connectivity index (χ3n) is 2.90. The average molecular weight is 363 g/mol. The third-order valence-corrected chi connectivity index (χ3v) is 3.59. The summed E-state index contributed by atoms with van der Waals surface area (Å²) in [6, 6.07) is 14.1. The molecule has 2 aromatic rings. The lowest BCUT2D eigenvalue weighted by Gasteiger charge is -2.10. The predicted octanol–water partition coefficient (Wildman–Crippen LogP) is 3.29. The number of ether oxygens (including phenoxy) is 1. The number of carbonyl (C=O) groups is 2. The summed E-state index contributed by atoms with van der Waals surface area (Å²) in [6.07, 6.45) is 0. The first kappa shape index (κ1) is 16.0. The Morgan fingerprint density at radius 1 is 1.05 bits per heavy atom. The van der Waals surface area contributed by atoms with E-state index in [1.54, 1.807) is 37.4 Å². The van der Waals surface area contributed by atoms with Gasteiger partial charge in [0.2, 0.25) is 0 Å².